The van der Waals surface area contributed by atoms with Crippen molar-refractivity contribution in [2.24, 2.45) is 29.4 Å². The summed E-state index contributed by atoms with van der Waals surface area (Å²) in [7, 11) is 0. The van der Waals surface area contributed by atoms with Crippen LogP contribution in [0.2, 0.25) is 0 Å². The van der Waals surface area contributed by atoms with E-state index < -0.39 is 317 Å². The second-order valence-electron chi connectivity index (χ2n) is 35.3. The fourth-order valence-corrected chi connectivity index (χ4v) is 17.8. The molecule has 0 spiro atoms. The number of carboxylic acids is 2. The summed E-state index contributed by atoms with van der Waals surface area (Å²) in [6.45, 7) is -6.99. The van der Waals surface area contributed by atoms with Gasteiger partial charge in [0, 0.05) is 54.3 Å². The summed E-state index contributed by atoms with van der Waals surface area (Å²) < 4.78 is 0. The van der Waals surface area contributed by atoms with Gasteiger partial charge < -0.3 is 143 Å². The Morgan fingerprint density at radius 3 is 0.683 bits per heavy atom. The molecule has 4 saturated carbocycles. The van der Waals surface area contributed by atoms with Crippen LogP contribution in [-0.4, -0.2) is 350 Å². The van der Waals surface area contributed by atoms with Crippen molar-refractivity contribution in [1.82, 2.24) is 106 Å². The molecule has 0 aliphatic heterocycles. The Labute approximate surface area is 853 Å². The molecule has 0 bridgehead atoms. The molecule has 0 aromatic rings. The molecule has 4 aliphatic rings. The molecule has 4 aliphatic carbocycles. The molecule has 0 aromatic heterocycles. The van der Waals surface area contributed by atoms with E-state index in [-0.39, 0.29) is 71.7 Å². The summed E-state index contributed by atoms with van der Waals surface area (Å²) in [6.07, 6.45) is 14.1. The number of aliphatic hydroxyl groups is 4. The number of thiol groups is 6. The molecule has 50 nitrogen and oxygen atoms in total. The van der Waals surface area contributed by atoms with Crippen molar-refractivity contribution in [3.05, 3.63) is 0 Å². The zero-order chi connectivity index (χ0) is 106. The zero-order valence-corrected chi connectivity index (χ0v) is 84.4. The second-order valence-corrected chi connectivity index (χ2v) is 37.5. The van der Waals surface area contributed by atoms with E-state index in [1.54, 1.807) is 0 Å². The molecule has 56 heteroatoms. The molecule has 0 unspecified atom stereocenters. The molecular weight excluding hydrogens is 1980 g/mol. The Kier molecular flexibility index (Phi) is 58.9. The molecule has 16 atom stereocenters. The monoisotopic (exact) mass is 2120 g/mol. The van der Waals surface area contributed by atoms with Crippen molar-refractivity contribution in [2.75, 3.05) is 87.1 Å². The van der Waals surface area contributed by atoms with Gasteiger partial charge in [-0.05, 0) is 62.2 Å². The van der Waals surface area contributed by atoms with E-state index in [0.717, 1.165) is 110 Å². The number of carboxylic acid groups (broad SMARTS) is 2. The van der Waals surface area contributed by atoms with Gasteiger partial charge in [-0.1, -0.05) is 128 Å². The van der Waals surface area contributed by atoms with Crippen LogP contribution < -0.4 is 112 Å². The minimum atomic E-state index is -1.95. The fourth-order valence-electron chi connectivity index (χ4n) is 16.3. The number of hydrogen-bond acceptors (Lipinski definition) is 33. The highest BCUT2D eigenvalue weighted by Crippen LogP contribution is 2.31. The average molecular weight is 2130 g/mol. The van der Waals surface area contributed by atoms with Crippen molar-refractivity contribution in [3.8, 4) is 0 Å². The van der Waals surface area contributed by atoms with Gasteiger partial charge in [-0.25, -0.2) is 0 Å². The third-order valence-corrected chi connectivity index (χ3v) is 26.5. The number of hydrogen-bond donors (Lipinski definition) is 33. The summed E-state index contributed by atoms with van der Waals surface area (Å²) in [5.41, 5.74) is 5.69. The van der Waals surface area contributed by atoms with Crippen LogP contribution in [0, 0.1) is 23.7 Å². The molecule has 0 heterocycles. The summed E-state index contributed by atoms with van der Waals surface area (Å²) >= 11 is 26.0. The van der Waals surface area contributed by atoms with Crippen LogP contribution in [0.5, 0.6) is 0 Å². The normalized spacial score (nSPS) is 17.5. The van der Waals surface area contributed by atoms with E-state index >= 15 is 0 Å². The van der Waals surface area contributed by atoms with E-state index in [9.17, 15) is 141 Å². The van der Waals surface area contributed by atoms with Crippen molar-refractivity contribution in [2.45, 2.75) is 283 Å². The maximum atomic E-state index is 14.6. The van der Waals surface area contributed by atoms with Gasteiger partial charge in [-0.2, -0.15) is 75.8 Å². The van der Waals surface area contributed by atoms with Crippen molar-refractivity contribution < 1.29 is 141 Å². The predicted octanol–water partition coefficient (Wildman–Crippen LogP) is -9.13. The topological polar surface area (TPSA) is 781 Å². The summed E-state index contributed by atoms with van der Waals surface area (Å²) in [5.74, 6) is -26.0. The van der Waals surface area contributed by atoms with Crippen LogP contribution in [0.1, 0.15) is 187 Å². The Hall–Kier alpha value is -10.2. The van der Waals surface area contributed by atoms with E-state index in [0.29, 0.717) is 32.1 Å². The lowest BCUT2D eigenvalue weighted by molar-refractivity contribution is -0.139. The lowest BCUT2D eigenvalue weighted by Gasteiger charge is -2.30. The number of aliphatic carboxylic acids is 2. The smallest absolute Gasteiger partial charge is 0.303 e. The SMILES string of the molecule is CC(=O)NCC(=O)N[C@@H](CO)C(=O)N[C@@H](CCC(=O)O)C(=O)N[C@@H](CO)C(=O)NCC(=O)NCC(=O)N[C@@H](CO)C(=O)N[C@@H](CCC(=O)O)C(=O)N[C@@H](CO)C(=O)NCC(=O)N[C@@H](CC1CCCCC1)C(=O)N[C@@H](CS)C(=O)N[C@@H](CS)C(=O)N[C@@H](CC1CCCCC1)C(=O)N[C@@H](CS)C(=O)N[C@@H](CS)C(=O)N[C@@H](CC1CCCCC1)C(=O)N[C@@H](CS)C(=O)N[C@@H](CS)C(=O)N[C@@H](CC1CCCCC1)C(N)=O. The standard InChI is InChI=1S/C86H141N21O29S6/c1-44(112)88-31-66(114)93-57(36-110)79(129)95-49(22-24-69(117)118)74(124)100-55(34-108)72(122)90-30-65(113)89-32-67(115)94-58(37-111)80(130)96-50(23-25-70(119)120)75(125)101-56(35-109)73(123)91-33-68(116)92-52(27-46-16-8-3-9-17-46)76(126)102-62(41-140)84(134)106-60(39-138)82(132)98-54(29-48-20-12-5-13-21-48)78(128)104-64(43-142)86(136)107-61(40-139)83(133)99-53(28-47-18-10-4-11-19-47)77(127)103-63(42-141)85(135)105-59(38-137)81(131)97-51(71(87)121)26-45-14-6-2-7-15-45/h45-64,108-111,137-142H,2-43H2,1H3,(H2,87,121)(H,88,112)(H,89,113)(H,90,122)(H,91,123)(H,92,116)(H,93,114)(H,94,115)(H,95,129)(H,96,130)(H,97,131)(H,98,132)(H,99,133)(H,100,124)(H,101,125)(H,102,126)(H,103,127)(H,104,128)(H,105,135)(H,106,134)(H,107,136)(H,117,118)(H,119,120)/t49-,50-,51-,52-,53-,54-,55-,56-,57-,58-,59-,60-,61-,62-,63-,64-/m0/s1. The van der Waals surface area contributed by atoms with Gasteiger partial charge in [-0.15, -0.1) is 0 Å². The lowest BCUT2D eigenvalue weighted by Crippen LogP contribution is -2.62. The number of nitrogens with two attached hydrogens (primary N) is 1. The van der Waals surface area contributed by atoms with E-state index in [1.165, 1.54) is 0 Å². The highest BCUT2D eigenvalue weighted by molar-refractivity contribution is 7.81. The summed E-state index contributed by atoms with van der Waals surface area (Å²) in [4.78, 5) is 306. The average Bonchev–Trinajstić information content (AvgIpc) is 0.848. The third kappa shape index (κ3) is 46.2. The number of carbonyl (C=O) groups is 23. The second kappa shape index (κ2) is 67.4. The van der Waals surface area contributed by atoms with Crippen molar-refractivity contribution in [1.29, 1.82) is 0 Å². The highest BCUT2D eigenvalue weighted by Gasteiger charge is 2.41. The maximum Gasteiger partial charge on any atom is 0.303 e. The largest absolute Gasteiger partial charge is 0.481 e. The van der Waals surface area contributed by atoms with E-state index in [4.69, 9.17) is 5.73 Å². The number of aliphatic hydroxyl groups excluding tert-OH is 4. The molecule has 0 saturated heterocycles. The lowest BCUT2D eigenvalue weighted by atomic mass is 9.84. The van der Waals surface area contributed by atoms with Gasteiger partial charge in [-0.3, -0.25) is 110 Å². The van der Waals surface area contributed by atoms with Crippen LogP contribution >= 0.6 is 75.8 Å². The first kappa shape index (κ1) is 124. The van der Waals surface area contributed by atoms with Gasteiger partial charge in [0.1, 0.15) is 96.7 Å². The molecule has 4 fully saturated rings. The van der Waals surface area contributed by atoms with Gasteiger partial charge in [0.25, 0.3) is 0 Å². The minimum absolute atomic E-state index is 0.00947. The van der Waals surface area contributed by atoms with Gasteiger partial charge >= 0.3 is 11.9 Å². The maximum absolute atomic E-state index is 14.6. The number of nitrogens with one attached hydrogen (secondary N) is 20. The van der Waals surface area contributed by atoms with E-state index in [2.05, 4.69) is 166 Å². The first-order valence-electron chi connectivity index (χ1n) is 47.3. The van der Waals surface area contributed by atoms with Crippen LogP contribution in [0.4, 0.5) is 0 Å². The Morgan fingerprint density at radius 1 is 0.239 bits per heavy atom. The van der Waals surface area contributed by atoms with Crippen molar-refractivity contribution in [3.63, 3.8) is 0 Å². The molecule has 0 aromatic carbocycles. The molecule has 4 rings (SSSR count). The van der Waals surface area contributed by atoms with Gasteiger partial charge in [0.05, 0.1) is 52.6 Å². The zero-order valence-electron chi connectivity index (χ0n) is 79.1. The Balaban J connectivity index is 1.38. The quantitative estimate of drug-likeness (QED) is 0.0252. The van der Waals surface area contributed by atoms with Crippen LogP contribution in [-0.2, 0) is 110 Å². The minimum Gasteiger partial charge on any atom is -0.481 e. The van der Waals surface area contributed by atoms with E-state index in [1.807, 2.05) is 16.0 Å². The molecule has 28 N–H and O–H groups in total. The van der Waals surface area contributed by atoms with Crippen molar-refractivity contribution >= 4 is 212 Å². The first-order chi connectivity index (χ1) is 67.6. The molecule has 0 radical (unpaired) electrons. The van der Waals surface area contributed by atoms with Crippen LogP contribution in [0.25, 0.3) is 0 Å². The molecule has 800 valence electrons. The van der Waals surface area contributed by atoms with Gasteiger partial charge in [0.15, 0.2) is 0 Å². The summed E-state index contributed by atoms with van der Waals surface area (Å²) in [6, 6.07) is -24.8. The highest BCUT2D eigenvalue weighted by atomic mass is 32.1. The van der Waals surface area contributed by atoms with Crippen LogP contribution in [0.15, 0.2) is 0 Å². The predicted molar refractivity (Wildman–Crippen MR) is 528 cm³/mol. The number of rotatable bonds is 64. The Bertz CT molecular complexity index is 4270. The summed E-state index contributed by atoms with van der Waals surface area (Å²) in [5, 5.41) is 106. The molecule has 142 heavy (non-hydrogen) atoms. The number of amides is 21. The molecular formula is C86H141N21O29S6. The first-order valence-corrected chi connectivity index (χ1v) is 51.1. The molecule has 21 amide bonds. The number of primary amides is 1. The van der Waals surface area contributed by atoms with Gasteiger partial charge in [0.2, 0.25) is 124 Å². The fraction of sp³-hybridized carbons (Fsp3) is 0.733. The third-order valence-electron chi connectivity index (χ3n) is 24.3. The van der Waals surface area contributed by atoms with Crippen LogP contribution in [0.3, 0.4) is 0 Å². The Morgan fingerprint density at radius 2 is 0.430 bits per heavy atom. The number of carbonyl (C=O) groups excluding carboxylic acids is 21.